The summed E-state index contributed by atoms with van der Waals surface area (Å²) in [5.74, 6) is 0. The molecule has 3 heteroatoms. The van der Waals surface area contributed by atoms with Crippen LogP contribution in [0.15, 0.2) is 42.1 Å². The van der Waals surface area contributed by atoms with E-state index in [1.54, 1.807) is 0 Å². The Morgan fingerprint density at radius 1 is 1.00 bits per heavy atom. The maximum Gasteiger partial charge on any atom is 0.0682 e. The molecule has 0 heterocycles. The first-order chi connectivity index (χ1) is 10.1. The Labute approximate surface area is 140 Å². The summed E-state index contributed by atoms with van der Waals surface area (Å²) in [6.07, 6.45) is 4.87. The highest BCUT2D eigenvalue weighted by molar-refractivity contribution is 6.80. The second-order valence-corrected chi connectivity index (χ2v) is 19.3. The van der Waals surface area contributed by atoms with Gasteiger partial charge < -0.3 is 0 Å². The molecule has 0 N–H and O–H groups in total. The summed E-state index contributed by atoms with van der Waals surface area (Å²) in [5, 5.41) is 0. The first kappa shape index (κ1) is 19.4. The normalized spacial score (nSPS) is 14.7. The van der Waals surface area contributed by atoms with Crippen LogP contribution in [0.3, 0.4) is 0 Å². The van der Waals surface area contributed by atoms with Crippen molar-refractivity contribution in [3.63, 3.8) is 0 Å². The van der Waals surface area contributed by atoms with E-state index in [1.807, 2.05) is 0 Å². The third-order valence-electron chi connectivity index (χ3n) is 3.62. The van der Waals surface area contributed by atoms with Crippen LogP contribution >= 0.6 is 0 Å². The highest BCUT2D eigenvalue weighted by Gasteiger charge is 2.22. The number of hydrogen-bond acceptors (Lipinski definition) is 1. The van der Waals surface area contributed by atoms with Crippen molar-refractivity contribution in [2.75, 3.05) is 6.17 Å². The van der Waals surface area contributed by atoms with Crippen molar-refractivity contribution in [2.24, 2.45) is 0 Å². The van der Waals surface area contributed by atoms with Crippen LogP contribution in [-0.2, 0) is 6.54 Å². The molecule has 1 aromatic carbocycles. The van der Waals surface area contributed by atoms with Gasteiger partial charge in [0.2, 0.25) is 0 Å². The molecule has 0 radical (unpaired) electrons. The Kier molecular flexibility index (Phi) is 7.30. The zero-order valence-corrected chi connectivity index (χ0v) is 17.7. The van der Waals surface area contributed by atoms with Crippen molar-refractivity contribution in [2.45, 2.75) is 65.2 Å². The van der Waals surface area contributed by atoms with Gasteiger partial charge in [0.25, 0.3) is 0 Å². The molecule has 0 saturated carbocycles. The van der Waals surface area contributed by atoms with E-state index in [0.717, 1.165) is 6.54 Å². The average Bonchev–Trinajstić information content (AvgIpc) is 2.36. The maximum absolute atomic E-state index is 2.69. The summed E-state index contributed by atoms with van der Waals surface area (Å²) in [6.45, 7) is 18.1. The van der Waals surface area contributed by atoms with E-state index in [0.29, 0.717) is 6.04 Å². The van der Waals surface area contributed by atoms with Crippen molar-refractivity contribution < 1.29 is 0 Å². The third kappa shape index (κ3) is 8.71. The van der Waals surface area contributed by atoms with Gasteiger partial charge in [0.15, 0.2) is 0 Å². The predicted octanol–water partition coefficient (Wildman–Crippen LogP) is 5.58. The van der Waals surface area contributed by atoms with E-state index in [1.165, 1.54) is 18.2 Å². The fourth-order valence-corrected chi connectivity index (χ4v) is 5.05. The SMILES string of the molecule is C[C@@H](C/C=C\[Si](C)(C)C)N(Cc1ccccc1)C[Si](C)(C)C. The van der Waals surface area contributed by atoms with Gasteiger partial charge in [0.05, 0.1) is 16.1 Å². The molecule has 0 aliphatic rings. The lowest BCUT2D eigenvalue weighted by Gasteiger charge is -2.33. The Hall–Kier alpha value is -0.646. The molecule has 0 aromatic heterocycles. The summed E-state index contributed by atoms with van der Waals surface area (Å²) in [6, 6.07) is 11.5. The lowest BCUT2D eigenvalue weighted by molar-refractivity contribution is 0.232. The minimum Gasteiger partial charge on any atom is -0.299 e. The van der Waals surface area contributed by atoms with Crippen LogP contribution in [0.1, 0.15) is 18.9 Å². The fourth-order valence-electron chi connectivity index (χ4n) is 2.56. The van der Waals surface area contributed by atoms with Crippen LogP contribution in [0.5, 0.6) is 0 Å². The number of nitrogens with zero attached hydrogens (tertiary/aromatic N) is 1. The number of hydrogen-bond donors (Lipinski definition) is 0. The molecule has 22 heavy (non-hydrogen) atoms. The minimum atomic E-state index is -1.10. The molecule has 0 unspecified atom stereocenters. The largest absolute Gasteiger partial charge is 0.299 e. The number of benzene rings is 1. The van der Waals surface area contributed by atoms with Gasteiger partial charge >= 0.3 is 0 Å². The summed E-state index contributed by atoms with van der Waals surface area (Å²) in [5.41, 5.74) is 3.92. The maximum atomic E-state index is 2.69. The predicted molar refractivity (Wildman–Crippen MR) is 107 cm³/mol. The van der Waals surface area contributed by atoms with Crippen LogP contribution in [0.4, 0.5) is 0 Å². The third-order valence-corrected chi connectivity index (χ3v) is 6.21. The summed E-state index contributed by atoms with van der Waals surface area (Å²) in [4.78, 5) is 2.69. The Morgan fingerprint density at radius 2 is 1.59 bits per heavy atom. The molecule has 0 aliphatic heterocycles. The van der Waals surface area contributed by atoms with Gasteiger partial charge in [0.1, 0.15) is 0 Å². The van der Waals surface area contributed by atoms with Gasteiger partial charge in [0, 0.05) is 12.6 Å². The van der Waals surface area contributed by atoms with Gasteiger partial charge in [-0.25, -0.2) is 0 Å². The van der Waals surface area contributed by atoms with E-state index < -0.39 is 16.1 Å². The van der Waals surface area contributed by atoms with Crippen molar-refractivity contribution >= 4 is 16.1 Å². The molecule has 0 saturated heterocycles. The highest BCUT2D eigenvalue weighted by Crippen LogP contribution is 2.16. The summed E-state index contributed by atoms with van der Waals surface area (Å²) in [7, 11) is -2.17. The van der Waals surface area contributed by atoms with Gasteiger partial charge in [-0.1, -0.05) is 81.4 Å². The second-order valence-electron chi connectivity index (χ2n) is 8.80. The molecule has 1 aromatic rings. The van der Waals surface area contributed by atoms with E-state index in [2.05, 4.69) is 93.2 Å². The fraction of sp³-hybridized carbons (Fsp3) is 0.579. The quantitative estimate of drug-likeness (QED) is 0.561. The van der Waals surface area contributed by atoms with Gasteiger partial charge in [-0.15, -0.1) is 0 Å². The second kappa shape index (κ2) is 8.27. The Balaban J connectivity index is 2.74. The topological polar surface area (TPSA) is 3.24 Å². The van der Waals surface area contributed by atoms with Gasteiger partial charge in [-0.2, -0.15) is 0 Å². The van der Waals surface area contributed by atoms with Crippen LogP contribution < -0.4 is 0 Å². The van der Waals surface area contributed by atoms with E-state index >= 15 is 0 Å². The molecule has 0 amide bonds. The Bertz CT molecular complexity index is 455. The molecule has 0 aliphatic carbocycles. The van der Waals surface area contributed by atoms with Crippen LogP contribution in [0, 0.1) is 0 Å². The summed E-state index contributed by atoms with van der Waals surface area (Å²) < 4.78 is 0. The van der Waals surface area contributed by atoms with E-state index in [-0.39, 0.29) is 0 Å². The molecule has 1 rings (SSSR count). The van der Waals surface area contributed by atoms with Crippen LogP contribution in [0.25, 0.3) is 0 Å². The molecule has 1 atom stereocenters. The molecule has 1 nitrogen and oxygen atoms in total. The number of rotatable bonds is 8. The van der Waals surface area contributed by atoms with Crippen molar-refractivity contribution in [3.8, 4) is 0 Å². The lowest BCUT2D eigenvalue weighted by Crippen LogP contribution is -2.44. The molecule has 0 fully saturated rings. The van der Waals surface area contributed by atoms with Crippen LogP contribution in [-0.4, -0.2) is 33.3 Å². The zero-order chi connectivity index (χ0) is 16.8. The lowest BCUT2D eigenvalue weighted by atomic mass is 10.1. The van der Waals surface area contributed by atoms with Crippen molar-refractivity contribution in [3.05, 3.63) is 47.7 Å². The standard InChI is InChI=1S/C19H35NSi2/c1-18(12-11-15-21(2,3)4)20(17-22(5,6)7)16-19-13-9-8-10-14-19/h8-11,13-15,18H,12,16-17H2,1-7H3/b15-11-/t18-/m0/s1. The van der Waals surface area contributed by atoms with Gasteiger partial charge in [-0.3, -0.25) is 4.90 Å². The minimum absolute atomic E-state index is 0.611. The summed E-state index contributed by atoms with van der Waals surface area (Å²) >= 11 is 0. The molecular weight excluding hydrogens is 298 g/mol. The molecule has 0 bridgehead atoms. The van der Waals surface area contributed by atoms with Gasteiger partial charge in [-0.05, 0) is 25.1 Å². The van der Waals surface area contributed by atoms with Crippen LogP contribution in [0.2, 0.25) is 39.3 Å². The monoisotopic (exact) mass is 333 g/mol. The van der Waals surface area contributed by atoms with Crippen molar-refractivity contribution in [1.82, 2.24) is 4.90 Å². The smallest absolute Gasteiger partial charge is 0.0682 e. The van der Waals surface area contributed by atoms with Crippen molar-refractivity contribution in [1.29, 1.82) is 0 Å². The highest BCUT2D eigenvalue weighted by atomic mass is 28.3. The van der Waals surface area contributed by atoms with E-state index in [9.17, 15) is 0 Å². The first-order valence-corrected chi connectivity index (χ1v) is 15.8. The Morgan fingerprint density at radius 3 is 2.09 bits per heavy atom. The average molecular weight is 334 g/mol. The van der Waals surface area contributed by atoms with E-state index in [4.69, 9.17) is 0 Å². The molecular formula is C19H35NSi2. The first-order valence-electron chi connectivity index (χ1n) is 8.52. The molecule has 124 valence electrons. The molecule has 0 spiro atoms. The zero-order valence-electron chi connectivity index (χ0n) is 15.7.